The first-order chi connectivity index (χ1) is 4.22. The fourth-order valence-electron chi connectivity index (χ4n) is 0.347. The second-order valence-electron chi connectivity index (χ2n) is 1.32. The Balaban J connectivity index is 3.25. The van der Waals surface area contributed by atoms with Crippen LogP contribution in [-0.2, 0) is 0 Å². The van der Waals surface area contributed by atoms with Gasteiger partial charge in [0, 0.05) is 18.2 Å². The lowest BCUT2D eigenvalue weighted by Crippen LogP contribution is -1.88. The van der Waals surface area contributed by atoms with E-state index in [1.54, 1.807) is 12.1 Å². The van der Waals surface area contributed by atoms with Gasteiger partial charge in [-0.3, -0.25) is 0 Å². The van der Waals surface area contributed by atoms with Gasteiger partial charge < -0.3 is 0 Å². The Morgan fingerprint density at radius 2 is 1.33 bits per heavy atom. The maximum absolute atomic E-state index is 11.9. The summed E-state index contributed by atoms with van der Waals surface area (Å²) in [5, 5.41) is 0. The molecule has 0 saturated heterocycles. The third-order valence-electron chi connectivity index (χ3n) is 0.730. The van der Waals surface area contributed by atoms with E-state index in [0.29, 0.717) is 0 Å². The van der Waals surface area contributed by atoms with Crippen LogP contribution in [0.3, 0.4) is 0 Å². The van der Waals surface area contributed by atoms with E-state index in [0.717, 1.165) is 0 Å². The summed E-state index contributed by atoms with van der Waals surface area (Å²) in [5.74, 6) is -4.30. The van der Waals surface area contributed by atoms with Crippen molar-refractivity contribution in [2.24, 2.45) is 0 Å². The minimum absolute atomic E-state index is 1.37. The van der Waals surface area contributed by atoms with Crippen molar-refractivity contribution >= 4 is 0 Å². The topological polar surface area (TPSA) is 0 Å². The summed E-state index contributed by atoms with van der Waals surface area (Å²) in [6.45, 7) is 0. The van der Waals surface area contributed by atoms with Crippen molar-refractivity contribution in [3.05, 3.63) is 35.7 Å². The first-order valence-corrected chi connectivity index (χ1v) is 2.07. The lowest BCUT2D eigenvalue weighted by molar-refractivity contribution is 0.444. The molecule has 0 heterocycles. The highest BCUT2D eigenvalue weighted by Crippen LogP contribution is 2.06. The molecule has 0 fully saturated rings. The van der Waals surface area contributed by atoms with Gasteiger partial charge in [-0.15, -0.1) is 0 Å². The van der Waals surface area contributed by atoms with E-state index in [1.807, 2.05) is 6.07 Å². The van der Waals surface area contributed by atoms with E-state index >= 15 is 0 Å². The van der Waals surface area contributed by atoms with Crippen molar-refractivity contribution in [3.63, 3.8) is 0 Å². The molecule has 0 aliphatic heterocycles. The average molecular weight is 129 g/mol. The molecule has 0 bridgehead atoms. The minimum Gasteiger partial charge on any atom is -0.203 e. The molecular formula is C6F3. The summed E-state index contributed by atoms with van der Waals surface area (Å²) < 4.78 is 35.6. The van der Waals surface area contributed by atoms with Crippen LogP contribution >= 0.6 is 0 Å². The predicted molar refractivity (Wildman–Crippen MR) is 22.8 cm³/mol. The van der Waals surface area contributed by atoms with Crippen molar-refractivity contribution < 1.29 is 13.2 Å². The third-order valence-corrected chi connectivity index (χ3v) is 0.730. The molecule has 9 heavy (non-hydrogen) atoms. The zero-order chi connectivity index (χ0) is 6.85. The molecule has 0 saturated carbocycles. The second kappa shape index (κ2) is 2.09. The number of benzene rings is 1. The molecule has 45 valence electrons. The third kappa shape index (κ3) is 1.04. The van der Waals surface area contributed by atoms with Crippen LogP contribution in [0, 0.1) is 35.7 Å². The fourth-order valence-corrected chi connectivity index (χ4v) is 0.347. The van der Waals surface area contributed by atoms with E-state index in [9.17, 15) is 13.2 Å². The van der Waals surface area contributed by atoms with Gasteiger partial charge >= 0.3 is 0 Å². The van der Waals surface area contributed by atoms with E-state index < -0.39 is 17.5 Å². The maximum Gasteiger partial charge on any atom is 0.195 e. The molecule has 0 unspecified atom stereocenters. The van der Waals surface area contributed by atoms with Crippen LogP contribution in [0.5, 0.6) is 0 Å². The van der Waals surface area contributed by atoms with Gasteiger partial charge in [-0.25, -0.2) is 13.2 Å². The van der Waals surface area contributed by atoms with Gasteiger partial charge in [-0.05, 0) is 0 Å². The summed E-state index contributed by atoms with van der Waals surface area (Å²) in [4.78, 5) is 0. The summed E-state index contributed by atoms with van der Waals surface area (Å²) in [6.07, 6.45) is 0. The molecule has 1 aromatic carbocycles. The normalized spacial score (nSPS) is 9.67. The SMILES string of the molecule is Fc1[c][c][c]c(F)c1F. The smallest absolute Gasteiger partial charge is 0.195 e. The van der Waals surface area contributed by atoms with E-state index in [2.05, 4.69) is 0 Å². The highest BCUT2D eigenvalue weighted by molar-refractivity contribution is 5.03. The van der Waals surface area contributed by atoms with Crippen LogP contribution in [-0.4, -0.2) is 0 Å². The highest BCUT2D eigenvalue weighted by atomic mass is 19.2. The maximum atomic E-state index is 11.9. The Kier molecular flexibility index (Phi) is 1.42. The Morgan fingerprint density at radius 3 is 1.67 bits per heavy atom. The molecular weight excluding hydrogens is 129 g/mol. The lowest BCUT2D eigenvalue weighted by Gasteiger charge is -1.88. The van der Waals surface area contributed by atoms with Crippen LogP contribution in [0.4, 0.5) is 13.2 Å². The quantitative estimate of drug-likeness (QED) is 0.465. The van der Waals surface area contributed by atoms with Crippen LogP contribution in [0.2, 0.25) is 0 Å². The first kappa shape index (κ1) is 6.13. The van der Waals surface area contributed by atoms with Crippen molar-refractivity contribution in [2.75, 3.05) is 0 Å². The predicted octanol–water partition coefficient (Wildman–Crippen LogP) is 1.50. The molecule has 0 amide bonds. The Bertz CT molecular complexity index is 199. The average Bonchev–Trinajstić information content (AvgIpc) is 1.83. The molecule has 1 aromatic rings. The van der Waals surface area contributed by atoms with Crippen LogP contribution < -0.4 is 0 Å². The zero-order valence-corrected chi connectivity index (χ0v) is 4.13. The van der Waals surface area contributed by atoms with Crippen molar-refractivity contribution in [3.8, 4) is 0 Å². The molecule has 3 heteroatoms. The first-order valence-electron chi connectivity index (χ1n) is 2.07. The molecule has 0 aliphatic rings. The molecule has 1 rings (SSSR count). The van der Waals surface area contributed by atoms with Gasteiger partial charge in [0.25, 0.3) is 0 Å². The van der Waals surface area contributed by atoms with Crippen molar-refractivity contribution in [2.45, 2.75) is 0 Å². The number of hydrogen-bond donors (Lipinski definition) is 0. The number of halogens is 3. The standard InChI is InChI=1S/C6F3/c7-4-2-1-3-5(8)6(4)9. The molecule has 0 spiro atoms. The molecule has 0 nitrogen and oxygen atoms in total. The van der Waals surface area contributed by atoms with Gasteiger partial charge in [0.05, 0.1) is 0 Å². The van der Waals surface area contributed by atoms with Gasteiger partial charge in [-0.1, -0.05) is 0 Å². The van der Waals surface area contributed by atoms with E-state index in [1.165, 1.54) is 0 Å². The number of rotatable bonds is 0. The zero-order valence-electron chi connectivity index (χ0n) is 4.13. The molecule has 0 aromatic heterocycles. The Labute approximate surface area is 49.9 Å². The van der Waals surface area contributed by atoms with Gasteiger partial charge in [0.15, 0.2) is 17.5 Å². The minimum atomic E-state index is -1.56. The monoisotopic (exact) mass is 129 g/mol. The molecule has 0 N–H and O–H groups in total. The summed E-state index contributed by atoms with van der Waals surface area (Å²) in [5.41, 5.74) is 0. The Morgan fingerprint density at radius 1 is 0.889 bits per heavy atom. The largest absolute Gasteiger partial charge is 0.203 e. The van der Waals surface area contributed by atoms with Crippen molar-refractivity contribution in [1.82, 2.24) is 0 Å². The number of hydrogen-bond acceptors (Lipinski definition) is 0. The fraction of sp³-hybridized carbons (Fsp3) is 0. The lowest BCUT2D eigenvalue weighted by atomic mass is 10.3. The summed E-state index contributed by atoms with van der Waals surface area (Å²) >= 11 is 0. The molecule has 3 radical (unpaired) electrons. The van der Waals surface area contributed by atoms with Crippen LogP contribution in [0.25, 0.3) is 0 Å². The van der Waals surface area contributed by atoms with E-state index in [-0.39, 0.29) is 0 Å². The second-order valence-corrected chi connectivity index (χ2v) is 1.32. The van der Waals surface area contributed by atoms with Crippen LogP contribution in [0.1, 0.15) is 0 Å². The Hall–Kier alpha value is -0.990. The van der Waals surface area contributed by atoms with E-state index in [4.69, 9.17) is 0 Å². The van der Waals surface area contributed by atoms with Crippen LogP contribution in [0.15, 0.2) is 0 Å². The molecule has 0 atom stereocenters. The summed E-state index contributed by atoms with van der Waals surface area (Å²) in [6, 6.07) is 5.19. The van der Waals surface area contributed by atoms with Gasteiger partial charge in [0.2, 0.25) is 0 Å². The highest BCUT2D eigenvalue weighted by Gasteiger charge is 2.05. The molecule has 0 aliphatic carbocycles. The van der Waals surface area contributed by atoms with Gasteiger partial charge in [0.1, 0.15) is 0 Å². The summed E-state index contributed by atoms with van der Waals surface area (Å²) in [7, 11) is 0. The van der Waals surface area contributed by atoms with Crippen molar-refractivity contribution in [1.29, 1.82) is 0 Å². The van der Waals surface area contributed by atoms with Gasteiger partial charge in [-0.2, -0.15) is 0 Å².